The summed E-state index contributed by atoms with van der Waals surface area (Å²) in [5, 5.41) is 4.22. The van der Waals surface area contributed by atoms with Gasteiger partial charge in [-0.05, 0) is 35.7 Å². The molecule has 1 aromatic heterocycles. The second-order valence-electron chi connectivity index (χ2n) is 6.61. The molecular weight excluding hydrogens is 378 g/mol. The molecule has 8 heteroatoms. The average Bonchev–Trinajstić information content (AvgIpc) is 3.13. The minimum absolute atomic E-state index is 0.230. The van der Waals surface area contributed by atoms with E-state index in [4.69, 9.17) is 4.42 Å². The Morgan fingerprint density at radius 3 is 2.75 bits per heavy atom. The van der Waals surface area contributed by atoms with Crippen LogP contribution in [0.1, 0.15) is 5.89 Å². The molecular formula is C20H15N3O4S. The minimum atomic E-state index is -3.77. The van der Waals surface area contributed by atoms with Crippen molar-refractivity contribution < 1.29 is 17.6 Å². The van der Waals surface area contributed by atoms with E-state index in [1.807, 2.05) is 12.1 Å². The summed E-state index contributed by atoms with van der Waals surface area (Å²) >= 11 is 0. The number of hydrogen-bond acceptors (Lipinski definition) is 5. The molecule has 0 saturated heterocycles. The van der Waals surface area contributed by atoms with Gasteiger partial charge >= 0.3 is 0 Å². The molecule has 0 aliphatic carbocycles. The van der Waals surface area contributed by atoms with Gasteiger partial charge in [0, 0.05) is 18.0 Å². The molecule has 3 aromatic carbocycles. The van der Waals surface area contributed by atoms with Gasteiger partial charge in [0.1, 0.15) is 12.1 Å². The van der Waals surface area contributed by atoms with Gasteiger partial charge in [-0.1, -0.05) is 24.3 Å². The van der Waals surface area contributed by atoms with Gasteiger partial charge in [0.15, 0.2) is 11.5 Å². The molecule has 0 atom stereocenters. The van der Waals surface area contributed by atoms with Crippen LogP contribution >= 0.6 is 0 Å². The molecule has 5 rings (SSSR count). The third-order valence-electron chi connectivity index (χ3n) is 4.75. The Labute approximate surface area is 160 Å². The highest BCUT2D eigenvalue weighted by Gasteiger charge is 2.36. The van der Waals surface area contributed by atoms with E-state index >= 15 is 0 Å². The van der Waals surface area contributed by atoms with Crippen LogP contribution in [-0.4, -0.2) is 25.9 Å². The number of nitrogens with one attached hydrogen (secondary N) is 1. The van der Waals surface area contributed by atoms with E-state index in [9.17, 15) is 13.2 Å². The topological polar surface area (TPSA) is 92.5 Å². The number of carbonyl (C=O) groups excluding carboxylic acids is 1. The number of oxazole rings is 1. The standard InChI is InChI=1S/C20H15N3O4S/c1-12-21-15-10-14(8-9-17(15)27-12)22-19(24)11-23-16-6-2-4-13-5-3-7-18(20(13)16)28(23,25)26/h2-10H,11H2,1H3,(H,22,24). The summed E-state index contributed by atoms with van der Waals surface area (Å²) in [6.45, 7) is 1.43. The molecule has 1 N–H and O–H groups in total. The monoisotopic (exact) mass is 393 g/mol. The second kappa shape index (κ2) is 5.80. The lowest BCUT2D eigenvalue weighted by molar-refractivity contribution is -0.114. The van der Waals surface area contributed by atoms with Crippen molar-refractivity contribution in [3.63, 3.8) is 0 Å². The molecule has 0 saturated carbocycles. The number of carbonyl (C=O) groups is 1. The molecule has 140 valence electrons. The van der Waals surface area contributed by atoms with Crippen LogP contribution in [0.3, 0.4) is 0 Å². The number of anilines is 2. The Bertz CT molecular complexity index is 1370. The van der Waals surface area contributed by atoms with Crippen LogP contribution in [0.2, 0.25) is 0 Å². The number of fused-ring (bicyclic) bond motifs is 1. The SMILES string of the molecule is Cc1nc2cc(NC(=O)CN3c4cccc5cccc(c45)S3(=O)=O)ccc2o1. The molecule has 0 spiro atoms. The Morgan fingerprint density at radius 1 is 1.14 bits per heavy atom. The van der Waals surface area contributed by atoms with Crippen LogP contribution in [0.5, 0.6) is 0 Å². The number of aryl methyl sites for hydroxylation is 1. The Kier molecular flexibility index (Phi) is 3.47. The quantitative estimate of drug-likeness (QED) is 0.576. The van der Waals surface area contributed by atoms with Crippen molar-refractivity contribution >= 4 is 49.2 Å². The molecule has 1 aliphatic heterocycles. The van der Waals surface area contributed by atoms with E-state index < -0.39 is 15.9 Å². The summed E-state index contributed by atoms with van der Waals surface area (Å²) in [5.41, 5.74) is 2.30. The summed E-state index contributed by atoms with van der Waals surface area (Å²) in [4.78, 5) is 17.1. The van der Waals surface area contributed by atoms with Crippen molar-refractivity contribution in [3.05, 3.63) is 60.5 Å². The van der Waals surface area contributed by atoms with E-state index in [0.717, 1.165) is 9.69 Å². The number of rotatable bonds is 3. The van der Waals surface area contributed by atoms with Gasteiger partial charge in [-0.3, -0.25) is 9.10 Å². The summed E-state index contributed by atoms with van der Waals surface area (Å²) in [7, 11) is -3.77. The fourth-order valence-corrected chi connectivity index (χ4v) is 5.25. The van der Waals surface area contributed by atoms with E-state index in [1.54, 1.807) is 49.4 Å². The number of amides is 1. The number of sulfonamides is 1. The van der Waals surface area contributed by atoms with E-state index in [2.05, 4.69) is 10.3 Å². The molecule has 0 unspecified atom stereocenters. The molecule has 2 heterocycles. The van der Waals surface area contributed by atoms with Crippen molar-refractivity contribution in [1.82, 2.24) is 4.98 Å². The molecule has 1 amide bonds. The zero-order valence-electron chi connectivity index (χ0n) is 14.8. The molecule has 28 heavy (non-hydrogen) atoms. The highest BCUT2D eigenvalue weighted by molar-refractivity contribution is 7.93. The van der Waals surface area contributed by atoms with Gasteiger partial charge in [-0.25, -0.2) is 13.4 Å². The summed E-state index contributed by atoms with van der Waals surface area (Å²) in [6.07, 6.45) is 0. The zero-order chi connectivity index (χ0) is 19.5. The third-order valence-corrected chi connectivity index (χ3v) is 6.55. The van der Waals surface area contributed by atoms with Gasteiger partial charge < -0.3 is 9.73 Å². The first kappa shape index (κ1) is 16.8. The van der Waals surface area contributed by atoms with Crippen molar-refractivity contribution in [2.75, 3.05) is 16.2 Å². The van der Waals surface area contributed by atoms with Crippen LogP contribution in [0, 0.1) is 6.92 Å². The average molecular weight is 393 g/mol. The summed E-state index contributed by atoms with van der Waals surface area (Å²) < 4.78 is 32.5. The van der Waals surface area contributed by atoms with Gasteiger partial charge in [0.2, 0.25) is 5.91 Å². The molecule has 0 bridgehead atoms. The minimum Gasteiger partial charge on any atom is -0.441 e. The maximum Gasteiger partial charge on any atom is 0.265 e. The van der Waals surface area contributed by atoms with Crippen LogP contribution in [0.15, 0.2) is 63.9 Å². The fraction of sp³-hybridized carbons (Fsp3) is 0.100. The summed E-state index contributed by atoms with van der Waals surface area (Å²) in [5.74, 6) is 0.0976. The summed E-state index contributed by atoms with van der Waals surface area (Å²) in [6, 6.07) is 15.6. The molecule has 1 aliphatic rings. The van der Waals surface area contributed by atoms with Gasteiger partial charge in [0.05, 0.1) is 10.6 Å². The first-order valence-corrected chi connectivity index (χ1v) is 10.1. The van der Waals surface area contributed by atoms with Crippen LogP contribution in [-0.2, 0) is 14.8 Å². The van der Waals surface area contributed by atoms with Crippen molar-refractivity contribution in [2.24, 2.45) is 0 Å². The number of hydrogen-bond donors (Lipinski definition) is 1. The fourth-order valence-electron chi connectivity index (χ4n) is 3.58. The number of aromatic nitrogens is 1. The largest absolute Gasteiger partial charge is 0.441 e. The zero-order valence-corrected chi connectivity index (χ0v) is 15.7. The third kappa shape index (κ3) is 2.45. The molecule has 0 fully saturated rings. The lowest BCUT2D eigenvalue weighted by Gasteiger charge is -2.18. The Morgan fingerprint density at radius 2 is 1.93 bits per heavy atom. The second-order valence-corrected chi connectivity index (χ2v) is 8.44. The smallest absolute Gasteiger partial charge is 0.265 e. The molecule has 4 aromatic rings. The Balaban J connectivity index is 1.45. The van der Waals surface area contributed by atoms with Gasteiger partial charge in [0.25, 0.3) is 10.0 Å². The van der Waals surface area contributed by atoms with E-state index in [1.165, 1.54) is 0 Å². The van der Waals surface area contributed by atoms with Crippen molar-refractivity contribution in [3.8, 4) is 0 Å². The van der Waals surface area contributed by atoms with Crippen LogP contribution in [0.25, 0.3) is 21.9 Å². The van der Waals surface area contributed by atoms with Crippen molar-refractivity contribution in [1.29, 1.82) is 0 Å². The van der Waals surface area contributed by atoms with Crippen LogP contribution in [0.4, 0.5) is 11.4 Å². The molecule has 0 radical (unpaired) electrons. The first-order chi connectivity index (χ1) is 13.4. The van der Waals surface area contributed by atoms with E-state index in [-0.39, 0.29) is 11.4 Å². The van der Waals surface area contributed by atoms with Gasteiger partial charge in [-0.2, -0.15) is 0 Å². The first-order valence-electron chi connectivity index (χ1n) is 8.65. The predicted molar refractivity (Wildman–Crippen MR) is 106 cm³/mol. The molecule has 7 nitrogen and oxygen atoms in total. The van der Waals surface area contributed by atoms with E-state index in [0.29, 0.717) is 33.8 Å². The number of nitrogens with zero attached hydrogens (tertiary/aromatic N) is 2. The maximum absolute atomic E-state index is 13.0. The maximum atomic E-state index is 13.0. The normalized spacial score (nSPS) is 14.7. The van der Waals surface area contributed by atoms with Gasteiger partial charge in [-0.15, -0.1) is 0 Å². The highest BCUT2D eigenvalue weighted by atomic mass is 32.2. The van der Waals surface area contributed by atoms with Crippen LogP contribution < -0.4 is 9.62 Å². The Hall–Kier alpha value is -3.39. The van der Waals surface area contributed by atoms with Crippen molar-refractivity contribution in [2.45, 2.75) is 11.8 Å². The highest BCUT2D eigenvalue weighted by Crippen LogP contribution is 2.41. The lowest BCUT2D eigenvalue weighted by Crippen LogP contribution is -2.35. The predicted octanol–water partition coefficient (Wildman–Crippen LogP) is 3.44. The lowest BCUT2D eigenvalue weighted by atomic mass is 10.1. The number of benzene rings is 3.